The number of H-pyrrole nitrogens is 1. The van der Waals surface area contributed by atoms with Gasteiger partial charge in [-0.15, -0.1) is 0 Å². The number of hydrogen-bond donors (Lipinski definition) is 5. The van der Waals surface area contributed by atoms with Crippen molar-refractivity contribution in [3.05, 3.63) is 28.4 Å². The minimum Gasteiger partial charge on any atom is -0.388 e. The van der Waals surface area contributed by atoms with Gasteiger partial charge in [-0.05, 0) is 19.4 Å². The van der Waals surface area contributed by atoms with Crippen LogP contribution in [-0.2, 0) is 13.8 Å². The number of aliphatic hydroxyl groups excluding tert-OH is 3. The Bertz CT molecular complexity index is 1040. The van der Waals surface area contributed by atoms with Gasteiger partial charge >= 0.3 is 13.3 Å². The summed E-state index contributed by atoms with van der Waals surface area (Å²) in [6, 6.07) is 1.73. The molecule has 174 valence electrons. The quantitative estimate of drug-likeness (QED) is 0.360. The third kappa shape index (κ3) is 4.75. The first-order valence-electron chi connectivity index (χ1n) is 9.91. The van der Waals surface area contributed by atoms with E-state index in [0.717, 1.165) is 10.3 Å². The molecule has 0 bridgehead atoms. The van der Waals surface area contributed by atoms with Crippen LogP contribution in [0.4, 0.5) is 4.39 Å². The van der Waals surface area contributed by atoms with E-state index in [1.165, 1.54) is 20.0 Å². The predicted octanol–water partition coefficient (Wildman–Crippen LogP) is 1.05. The molecule has 0 saturated carbocycles. The molecule has 2 aromatic rings. The van der Waals surface area contributed by atoms with Crippen molar-refractivity contribution in [1.29, 1.82) is 0 Å². The summed E-state index contributed by atoms with van der Waals surface area (Å²) in [6.07, 6.45) is -5.76. The predicted molar refractivity (Wildman–Crippen MR) is 107 cm³/mol. The van der Waals surface area contributed by atoms with Gasteiger partial charge < -0.3 is 29.9 Å². The van der Waals surface area contributed by atoms with Gasteiger partial charge in [-0.2, -0.15) is 4.98 Å². The second-order valence-corrected chi connectivity index (χ2v) is 9.63. The Kier molecular flexibility index (Phi) is 6.73. The number of aromatic amines is 1. The monoisotopic (exact) mass is 463 g/mol. The maximum Gasteiger partial charge on any atom is 0.359 e. The molecule has 0 aliphatic carbocycles. The van der Waals surface area contributed by atoms with Gasteiger partial charge in [0.25, 0.3) is 0 Å². The lowest BCUT2D eigenvalue weighted by Gasteiger charge is -2.31. The van der Waals surface area contributed by atoms with Crippen LogP contribution in [0.5, 0.6) is 0 Å². The van der Waals surface area contributed by atoms with Crippen LogP contribution in [0, 0.1) is 6.92 Å². The third-order valence-corrected chi connectivity index (χ3v) is 7.06. The lowest BCUT2D eigenvalue weighted by atomic mass is 10.0. The molecule has 2 aromatic heterocycles. The van der Waals surface area contributed by atoms with Gasteiger partial charge in [-0.25, -0.2) is 9.18 Å². The average Bonchev–Trinajstić information content (AvgIpc) is 3.19. The van der Waals surface area contributed by atoms with Crippen LogP contribution < -0.4 is 5.69 Å². The number of hydrogen-bond acceptors (Lipinski definition) is 8. The molecule has 0 aromatic carbocycles. The number of nitrogens with zero attached hydrogens (tertiary/aromatic N) is 2. The van der Waals surface area contributed by atoms with E-state index in [1.54, 1.807) is 13.0 Å². The van der Waals surface area contributed by atoms with Crippen LogP contribution in [-0.4, -0.2) is 64.8 Å². The molecule has 31 heavy (non-hydrogen) atoms. The Balaban J connectivity index is 1.84. The van der Waals surface area contributed by atoms with E-state index in [1.807, 2.05) is 0 Å². The largest absolute Gasteiger partial charge is 0.388 e. The number of fused-ring (bicyclic) bond motifs is 1. The zero-order chi connectivity index (χ0) is 23.1. The van der Waals surface area contributed by atoms with E-state index in [9.17, 15) is 29.6 Å². The normalized spacial score (nSPS) is 29.0. The van der Waals surface area contributed by atoms with E-state index in [0.29, 0.717) is 11.0 Å². The number of halogens is 1. The highest BCUT2D eigenvalue weighted by atomic mass is 31.2. The molecular formula is C18H27FN3O8P. The van der Waals surface area contributed by atoms with E-state index in [2.05, 4.69) is 9.97 Å². The SMILES string of the molecule is CCC(O)P(=O)(O)OC(F)(CC)C[C@H]1O[C@@H](n2cc3cc(C)[nH]c3nc2=O)[C@H](O)[C@@H]1O. The van der Waals surface area contributed by atoms with Crippen molar-refractivity contribution in [3.8, 4) is 0 Å². The molecule has 1 aliphatic rings. The topological polar surface area (TPSA) is 167 Å². The number of nitrogens with one attached hydrogen (secondary N) is 1. The van der Waals surface area contributed by atoms with Crippen LogP contribution in [0.15, 0.2) is 17.1 Å². The summed E-state index contributed by atoms with van der Waals surface area (Å²) in [5.74, 6) is -4.51. The molecule has 11 nitrogen and oxygen atoms in total. The highest BCUT2D eigenvalue weighted by Gasteiger charge is 2.50. The number of alkyl halides is 1. The minimum atomic E-state index is -4.71. The number of aryl methyl sites for hydroxylation is 1. The standard InChI is InChI=1S/C18H27FN3O8P/c1-4-12(23)31(27,28)30-18(19,5-2)7-11-13(24)14(25)16(29-11)22-8-10-6-9(3)20-15(10)21-17(22)26/h6,8,11-14,16,23-25H,4-5,7H2,1-3H3,(H,27,28)(H,20,21,26)/t11-,12?,13-,14-,16-,18?/m1/s1. The van der Waals surface area contributed by atoms with Crippen LogP contribution >= 0.6 is 7.60 Å². The summed E-state index contributed by atoms with van der Waals surface area (Å²) in [5, 5.41) is 31.0. The first kappa shape index (κ1) is 24.0. The van der Waals surface area contributed by atoms with E-state index in [-0.39, 0.29) is 6.42 Å². The van der Waals surface area contributed by atoms with Crippen LogP contribution in [0.25, 0.3) is 11.0 Å². The van der Waals surface area contributed by atoms with Gasteiger partial charge in [0.15, 0.2) is 12.1 Å². The fourth-order valence-corrected chi connectivity index (χ4v) is 4.78. The van der Waals surface area contributed by atoms with Crippen LogP contribution in [0.1, 0.15) is 45.0 Å². The van der Waals surface area contributed by atoms with E-state index < -0.39 is 62.4 Å². The molecule has 1 aliphatic heterocycles. The Morgan fingerprint density at radius 1 is 1.42 bits per heavy atom. The zero-order valence-corrected chi connectivity index (χ0v) is 18.2. The van der Waals surface area contributed by atoms with Crippen molar-refractivity contribution in [2.75, 3.05) is 0 Å². The molecule has 3 heterocycles. The van der Waals surface area contributed by atoms with Crippen molar-refractivity contribution in [1.82, 2.24) is 14.5 Å². The van der Waals surface area contributed by atoms with Crippen molar-refractivity contribution in [2.24, 2.45) is 0 Å². The van der Waals surface area contributed by atoms with Gasteiger partial charge in [-0.1, -0.05) is 13.8 Å². The third-order valence-electron chi connectivity index (χ3n) is 5.35. The van der Waals surface area contributed by atoms with Gasteiger partial charge in [0.05, 0.1) is 6.10 Å². The molecule has 3 unspecified atom stereocenters. The molecule has 0 spiro atoms. The summed E-state index contributed by atoms with van der Waals surface area (Å²) in [5.41, 5.74) is 0.351. The second-order valence-electron chi connectivity index (χ2n) is 7.72. The van der Waals surface area contributed by atoms with Crippen LogP contribution in [0.2, 0.25) is 0 Å². The molecular weight excluding hydrogens is 436 g/mol. The molecule has 0 amide bonds. The first-order valence-corrected chi connectivity index (χ1v) is 11.6. The van der Waals surface area contributed by atoms with Crippen molar-refractivity contribution in [2.45, 2.75) is 76.3 Å². The Morgan fingerprint density at radius 3 is 2.71 bits per heavy atom. The van der Waals surface area contributed by atoms with Crippen LogP contribution in [0.3, 0.4) is 0 Å². The molecule has 13 heteroatoms. The molecule has 5 N–H and O–H groups in total. The highest BCUT2D eigenvalue weighted by Crippen LogP contribution is 2.53. The van der Waals surface area contributed by atoms with E-state index >= 15 is 4.39 Å². The summed E-state index contributed by atoms with van der Waals surface area (Å²) < 4.78 is 38.7. The van der Waals surface area contributed by atoms with Crippen molar-refractivity contribution >= 4 is 18.6 Å². The van der Waals surface area contributed by atoms with Crippen molar-refractivity contribution < 1.29 is 38.4 Å². The Morgan fingerprint density at radius 2 is 2.10 bits per heavy atom. The van der Waals surface area contributed by atoms with Crippen molar-refractivity contribution in [3.63, 3.8) is 0 Å². The summed E-state index contributed by atoms with van der Waals surface area (Å²) in [4.78, 5) is 29.0. The maximum atomic E-state index is 15.3. The van der Waals surface area contributed by atoms with Gasteiger partial charge in [0.1, 0.15) is 17.9 Å². The summed E-state index contributed by atoms with van der Waals surface area (Å²) in [6.45, 7) is 4.56. The second kappa shape index (κ2) is 8.70. The highest BCUT2D eigenvalue weighted by molar-refractivity contribution is 7.53. The van der Waals surface area contributed by atoms with E-state index in [4.69, 9.17) is 9.26 Å². The van der Waals surface area contributed by atoms with Gasteiger partial charge in [0.2, 0.25) is 5.85 Å². The van der Waals surface area contributed by atoms with Gasteiger partial charge in [-0.3, -0.25) is 13.7 Å². The number of aliphatic hydroxyl groups is 3. The fourth-order valence-electron chi connectivity index (χ4n) is 3.53. The lowest BCUT2D eigenvalue weighted by molar-refractivity contribution is -0.130. The molecule has 1 fully saturated rings. The summed E-state index contributed by atoms with van der Waals surface area (Å²) in [7, 11) is -4.71. The zero-order valence-electron chi connectivity index (χ0n) is 17.3. The first-order chi connectivity index (χ1) is 14.4. The smallest absolute Gasteiger partial charge is 0.359 e. The summed E-state index contributed by atoms with van der Waals surface area (Å²) >= 11 is 0. The molecule has 7 atom stereocenters. The number of ether oxygens (including phenoxy) is 1. The molecule has 3 rings (SSSR count). The molecule has 0 radical (unpaired) electrons. The van der Waals surface area contributed by atoms with Gasteiger partial charge in [0, 0.05) is 30.1 Å². The number of aromatic nitrogens is 3. The Labute approximate surface area is 177 Å². The average molecular weight is 463 g/mol. The number of rotatable bonds is 8. The minimum absolute atomic E-state index is 0.131. The maximum absolute atomic E-state index is 15.3. The lowest BCUT2D eigenvalue weighted by Crippen LogP contribution is -2.38. The Hall–Kier alpha value is -1.66. The molecule has 1 saturated heterocycles. The fraction of sp³-hybridized carbons (Fsp3) is 0.667.